The molecule has 2 rings (SSSR count). The maximum atomic E-state index is 13.7. The summed E-state index contributed by atoms with van der Waals surface area (Å²) in [5.74, 6) is -2.21. The molecule has 0 saturated carbocycles. The fourth-order valence-corrected chi connectivity index (χ4v) is 2.83. The molecule has 0 saturated heterocycles. The molecular formula is C12H11F2N3O2S. The van der Waals surface area contributed by atoms with Gasteiger partial charge in [0.1, 0.15) is 16.5 Å². The first kappa shape index (κ1) is 14.2. The molecule has 1 aromatic carbocycles. The highest BCUT2D eigenvalue weighted by molar-refractivity contribution is 7.92. The predicted octanol–water partition coefficient (Wildman–Crippen LogP) is 1.77. The van der Waals surface area contributed by atoms with Gasteiger partial charge in [-0.3, -0.25) is 9.29 Å². The molecule has 0 aliphatic carbocycles. The second-order valence-corrected chi connectivity index (χ2v) is 5.93. The van der Waals surface area contributed by atoms with Crippen LogP contribution in [0.1, 0.15) is 0 Å². The van der Waals surface area contributed by atoms with E-state index in [1.807, 2.05) is 0 Å². The standard InChI is InChI=1S/C12H11F2N3O2S/c1-17(8-3-2-4-16-7-8)20(18,19)12-6-11(15)9(13)5-10(12)14/h2-7H,15H2,1H3. The Balaban J connectivity index is 2.54. The molecule has 0 bridgehead atoms. The number of nitrogens with zero attached hydrogens (tertiary/aromatic N) is 2. The highest BCUT2D eigenvalue weighted by Crippen LogP contribution is 2.26. The highest BCUT2D eigenvalue weighted by atomic mass is 32.2. The molecule has 0 unspecified atom stereocenters. The molecule has 106 valence electrons. The lowest BCUT2D eigenvalue weighted by molar-refractivity contribution is 0.550. The summed E-state index contributed by atoms with van der Waals surface area (Å²) in [4.78, 5) is 3.09. The van der Waals surface area contributed by atoms with Gasteiger partial charge in [0.2, 0.25) is 0 Å². The Bertz CT molecular complexity index is 736. The van der Waals surface area contributed by atoms with Crippen LogP contribution >= 0.6 is 0 Å². The Morgan fingerprint density at radius 1 is 1.25 bits per heavy atom. The van der Waals surface area contributed by atoms with Gasteiger partial charge in [0, 0.05) is 19.3 Å². The number of hydrogen-bond acceptors (Lipinski definition) is 4. The molecule has 2 N–H and O–H groups in total. The molecule has 0 radical (unpaired) electrons. The zero-order valence-corrected chi connectivity index (χ0v) is 11.2. The van der Waals surface area contributed by atoms with Crippen LogP contribution in [0, 0.1) is 11.6 Å². The van der Waals surface area contributed by atoms with Crippen molar-refractivity contribution in [1.29, 1.82) is 0 Å². The highest BCUT2D eigenvalue weighted by Gasteiger charge is 2.26. The quantitative estimate of drug-likeness (QED) is 0.876. The molecule has 0 spiro atoms. The molecule has 20 heavy (non-hydrogen) atoms. The first-order chi connectivity index (χ1) is 9.34. The zero-order chi connectivity index (χ0) is 14.9. The molecule has 5 nitrogen and oxygen atoms in total. The van der Waals surface area contributed by atoms with Crippen LogP contribution in [0.2, 0.25) is 0 Å². The summed E-state index contributed by atoms with van der Waals surface area (Å²) in [6.07, 6.45) is 2.78. The van der Waals surface area contributed by atoms with Gasteiger partial charge in [-0.05, 0) is 18.2 Å². The topological polar surface area (TPSA) is 76.3 Å². The number of benzene rings is 1. The number of aromatic nitrogens is 1. The molecular weight excluding hydrogens is 288 g/mol. The Hall–Kier alpha value is -2.22. The van der Waals surface area contributed by atoms with Crippen molar-refractivity contribution in [3.8, 4) is 0 Å². The van der Waals surface area contributed by atoms with E-state index in [4.69, 9.17) is 5.73 Å². The molecule has 1 aromatic heterocycles. The van der Waals surface area contributed by atoms with Crippen LogP contribution in [0.3, 0.4) is 0 Å². The first-order valence-corrected chi connectivity index (χ1v) is 6.91. The van der Waals surface area contributed by atoms with Crippen molar-refractivity contribution < 1.29 is 17.2 Å². The van der Waals surface area contributed by atoms with E-state index < -0.39 is 32.2 Å². The Kier molecular flexibility index (Phi) is 3.58. The number of nitrogen functional groups attached to an aromatic ring is 1. The van der Waals surface area contributed by atoms with E-state index >= 15 is 0 Å². The van der Waals surface area contributed by atoms with E-state index in [0.29, 0.717) is 6.07 Å². The zero-order valence-electron chi connectivity index (χ0n) is 10.4. The van der Waals surface area contributed by atoms with Gasteiger partial charge in [0.15, 0.2) is 0 Å². The molecule has 0 aliphatic rings. The normalized spacial score (nSPS) is 11.3. The van der Waals surface area contributed by atoms with Gasteiger partial charge in [-0.2, -0.15) is 0 Å². The van der Waals surface area contributed by atoms with E-state index in [1.165, 1.54) is 31.6 Å². The molecule has 0 aliphatic heterocycles. The SMILES string of the molecule is CN(c1cccnc1)S(=O)(=O)c1cc(N)c(F)cc1F. The molecule has 8 heteroatoms. The van der Waals surface area contributed by atoms with Crippen molar-refractivity contribution in [2.75, 3.05) is 17.1 Å². The van der Waals surface area contributed by atoms with E-state index in [0.717, 1.165) is 10.4 Å². The summed E-state index contributed by atoms with van der Waals surface area (Å²) in [5.41, 5.74) is 5.09. The van der Waals surface area contributed by atoms with Crippen LogP contribution in [-0.4, -0.2) is 20.4 Å². The summed E-state index contributed by atoms with van der Waals surface area (Å²) in [5, 5.41) is 0. The third-order valence-electron chi connectivity index (χ3n) is 2.70. The van der Waals surface area contributed by atoms with Crippen molar-refractivity contribution in [2.24, 2.45) is 0 Å². The van der Waals surface area contributed by atoms with Gasteiger partial charge in [-0.15, -0.1) is 0 Å². The maximum Gasteiger partial charge on any atom is 0.267 e. The smallest absolute Gasteiger partial charge is 0.267 e. The monoisotopic (exact) mass is 299 g/mol. The lowest BCUT2D eigenvalue weighted by Gasteiger charge is -2.19. The van der Waals surface area contributed by atoms with Crippen molar-refractivity contribution in [3.63, 3.8) is 0 Å². The van der Waals surface area contributed by atoms with Gasteiger partial charge in [0.25, 0.3) is 10.0 Å². The average molecular weight is 299 g/mol. The predicted molar refractivity (Wildman–Crippen MR) is 70.6 cm³/mol. The maximum absolute atomic E-state index is 13.7. The second-order valence-electron chi connectivity index (χ2n) is 3.99. The molecule has 0 amide bonds. The van der Waals surface area contributed by atoms with E-state index in [1.54, 1.807) is 0 Å². The van der Waals surface area contributed by atoms with E-state index in [2.05, 4.69) is 4.98 Å². The van der Waals surface area contributed by atoms with Crippen LogP contribution in [0.25, 0.3) is 0 Å². The molecule has 1 heterocycles. The van der Waals surface area contributed by atoms with Crippen LogP contribution in [-0.2, 0) is 10.0 Å². The summed E-state index contributed by atoms with van der Waals surface area (Å²) in [6.45, 7) is 0. The Morgan fingerprint density at radius 3 is 2.55 bits per heavy atom. The van der Waals surface area contributed by atoms with Gasteiger partial charge in [-0.25, -0.2) is 17.2 Å². The number of anilines is 2. The number of sulfonamides is 1. The number of nitrogens with two attached hydrogens (primary N) is 1. The van der Waals surface area contributed by atoms with E-state index in [9.17, 15) is 17.2 Å². The number of rotatable bonds is 3. The van der Waals surface area contributed by atoms with Crippen molar-refractivity contribution in [1.82, 2.24) is 4.98 Å². The largest absolute Gasteiger partial charge is 0.396 e. The summed E-state index contributed by atoms with van der Waals surface area (Å²) >= 11 is 0. The Labute approximate surface area is 114 Å². The minimum Gasteiger partial charge on any atom is -0.396 e. The van der Waals surface area contributed by atoms with Gasteiger partial charge in [-0.1, -0.05) is 0 Å². The van der Waals surface area contributed by atoms with Crippen molar-refractivity contribution >= 4 is 21.4 Å². The fourth-order valence-electron chi connectivity index (χ4n) is 1.57. The molecule has 2 aromatic rings. The lowest BCUT2D eigenvalue weighted by atomic mass is 10.3. The minimum atomic E-state index is -4.19. The van der Waals surface area contributed by atoms with E-state index in [-0.39, 0.29) is 5.69 Å². The summed E-state index contributed by atoms with van der Waals surface area (Å²) in [6, 6.07) is 4.23. The van der Waals surface area contributed by atoms with Crippen molar-refractivity contribution in [3.05, 3.63) is 48.3 Å². The second kappa shape index (κ2) is 5.04. The van der Waals surface area contributed by atoms with Crippen LogP contribution < -0.4 is 10.0 Å². The first-order valence-electron chi connectivity index (χ1n) is 5.47. The summed E-state index contributed by atoms with van der Waals surface area (Å²) in [7, 11) is -2.95. The van der Waals surface area contributed by atoms with Crippen molar-refractivity contribution in [2.45, 2.75) is 4.90 Å². The number of halogens is 2. The third-order valence-corrected chi connectivity index (χ3v) is 4.50. The lowest BCUT2D eigenvalue weighted by Crippen LogP contribution is -2.27. The van der Waals surface area contributed by atoms with Gasteiger partial charge >= 0.3 is 0 Å². The number of pyridine rings is 1. The molecule has 0 fully saturated rings. The third kappa shape index (κ3) is 2.42. The Morgan fingerprint density at radius 2 is 1.95 bits per heavy atom. The average Bonchev–Trinajstić information content (AvgIpc) is 2.42. The van der Waals surface area contributed by atoms with Crippen LogP contribution in [0.5, 0.6) is 0 Å². The van der Waals surface area contributed by atoms with Crippen LogP contribution in [0.15, 0.2) is 41.6 Å². The van der Waals surface area contributed by atoms with Gasteiger partial charge in [0.05, 0.1) is 17.6 Å². The summed E-state index contributed by atoms with van der Waals surface area (Å²) < 4.78 is 52.2. The number of hydrogen-bond donors (Lipinski definition) is 1. The van der Waals surface area contributed by atoms with Gasteiger partial charge < -0.3 is 5.73 Å². The minimum absolute atomic E-state index is 0.245. The molecule has 0 atom stereocenters. The van der Waals surface area contributed by atoms with Crippen LogP contribution in [0.4, 0.5) is 20.2 Å². The fraction of sp³-hybridized carbons (Fsp3) is 0.0833.